The van der Waals surface area contributed by atoms with Crippen molar-refractivity contribution in [3.05, 3.63) is 71.3 Å². The lowest BCUT2D eigenvalue weighted by molar-refractivity contribution is -0.124. The molecule has 0 aliphatic rings. The van der Waals surface area contributed by atoms with Crippen LogP contribution in [-0.4, -0.2) is 5.91 Å². The van der Waals surface area contributed by atoms with Crippen LogP contribution in [0.25, 0.3) is 0 Å². The van der Waals surface area contributed by atoms with Gasteiger partial charge in [0.15, 0.2) is 0 Å². The second-order valence-electron chi connectivity index (χ2n) is 5.20. The zero-order valence-corrected chi connectivity index (χ0v) is 11.9. The summed E-state index contributed by atoms with van der Waals surface area (Å²) in [6.07, 6.45) is 0. The lowest BCUT2D eigenvalue weighted by atomic mass is 9.98. The summed E-state index contributed by atoms with van der Waals surface area (Å²) in [5, 5.41) is 2.90. The third-order valence-corrected chi connectivity index (χ3v) is 3.22. The Kier molecular flexibility index (Phi) is 4.68. The molecule has 0 aliphatic heterocycles. The molecular formula is C17H17F2NO. The molecule has 0 saturated carbocycles. The zero-order valence-electron chi connectivity index (χ0n) is 11.9. The number of benzene rings is 2. The number of rotatable bonds is 4. The molecule has 1 amide bonds. The molecule has 0 unspecified atom stereocenters. The summed E-state index contributed by atoms with van der Waals surface area (Å²) >= 11 is 0. The minimum absolute atomic E-state index is 0.117. The van der Waals surface area contributed by atoms with Gasteiger partial charge in [0, 0.05) is 5.92 Å². The predicted octanol–water partition coefficient (Wildman–Crippen LogP) is 3.83. The lowest BCUT2D eigenvalue weighted by Gasteiger charge is -2.21. The van der Waals surface area contributed by atoms with Gasteiger partial charge in [-0.25, -0.2) is 8.78 Å². The summed E-state index contributed by atoms with van der Waals surface area (Å²) < 4.78 is 26.1. The highest BCUT2D eigenvalue weighted by molar-refractivity contribution is 5.78. The van der Waals surface area contributed by atoms with Gasteiger partial charge in [-0.15, -0.1) is 0 Å². The second-order valence-corrected chi connectivity index (χ2v) is 5.20. The molecule has 2 rings (SSSR count). The molecule has 0 bridgehead atoms. The first kappa shape index (κ1) is 15.2. The third kappa shape index (κ3) is 3.88. The highest BCUT2D eigenvalue weighted by atomic mass is 19.1. The maximum absolute atomic E-state index is 13.1. The molecule has 0 fully saturated rings. The van der Waals surface area contributed by atoms with Crippen LogP contribution in [0.15, 0.2) is 48.5 Å². The molecule has 0 saturated heterocycles. The topological polar surface area (TPSA) is 29.1 Å². The van der Waals surface area contributed by atoms with Gasteiger partial charge < -0.3 is 5.32 Å². The van der Waals surface area contributed by atoms with Crippen LogP contribution in [0.1, 0.15) is 31.0 Å². The van der Waals surface area contributed by atoms with E-state index in [0.29, 0.717) is 0 Å². The van der Waals surface area contributed by atoms with Crippen molar-refractivity contribution in [2.75, 3.05) is 0 Å². The predicted molar refractivity (Wildman–Crippen MR) is 77.6 cm³/mol. The summed E-state index contributed by atoms with van der Waals surface area (Å²) in [7, 11) is 0. The Morgan fingerprint density at radius 3 is 1.57 bits per heavy atom. The number of carbonyl (C=O) groups excluding carboxylic acids is 1. The fraction of sp³-hybridized carbons (Fsp3) is 0.235. The van der Waals surface area contributed by atoms with Gasteiger partial charge in [-0.2, -0.15) is 0 Å². The molecule has 0 spiro atoms. The van der Waals surface area contributed by atoms with Gasteiger partial charge >= 0.3 is 0 Å². The van der Waals surface area contributed by atoms with E-state index in [1.165, 1.54) is 24.3 Å². The van der Waals surface area contributed by atoms with E-state index in [-0.39, 0.29) is 23.5 Å². The molecule has 2 aromatic carbocycles. The molecular weight excluding hydrogens is 272 g/mol. The average molecular weight is 289 g/mol. The minimum atomic E-state index is -0.430. The van der Waals surface area contributed by atoms with Gasteiger partial charge in [-0.3, -0.25) is 4.79 Å². The average Bonchev–Trinajstić information content (AvgIpc) is 2.46. The number of hydrogen-bond acceptors (Lipinski definition) is 1. The number of carbonyl (C=O) groups is 1. The van der Waals surface area contributed by atoms with E-state index in [4.69, 9.17) is 0 Å². The molecule has 0 aliphatic carbocycles. The van der Waals surface area contributed by atoms with E-state index in [0.717, 1.165) is 11.1 Å². The van der Waals surface area contributed by atoms with Crippen molar-refractivity contribution < 1.29 is 13.6 Å². The summed E-state index contributed by atoms with van der Waals surface area (Å²) in [5.41, 5.74) is 1.49. The van der Waals surface area contributed by atoms with Crippen LogP contribution in [0.2, 0.25) is 0 Å². The standard InChI is InChI=1S/C17H17F2NO/c1-11(2)17(21)20-16(12-3-7-14(18)8-4-12)13-5-9-15(19)10-6-13/h3-11,16H,1-2H3,(H,20,21). The van der Waals surface area contributed by atoms with Crippen molar-refractivity contribution in [3.8, 4) is 0 Å². The summed E-state index contributed by atoms with van der Waals surface area (Å²) in [5.74, 6) is -0.972. The lowest BCUT2D eigenvalue weighted by Crippen LogP contribution is -2.32. The van der Waals surface area contributed by atoms with Crippen LogP contribution in [-0.2, 0) is 4.79 Å². The molecule has 0 atom stereocenters. The van der Waals surface area contributed by atoms with Crippen LogP contribution >= 0.6 is 0 Å². The number of nitrogens with one attached hydrogen (secondary N) is 1. The number of halogens is 2. The Balaban J connectivity index is 2.36. The Hall–Kier alpha value is -2.23. The molecule has 21 heavy (non-hydrogen) atoms. The largest absolute Gasteiger partial charge is 0.345 e. The monoisotopic (exact) mass is 289 g/mol. The Bertz CT molecular complexity index is 560. The van der Waals surface area contributed by atoms with Crippen LogP contribution in [0, 0.1) is 17.6 Å². The smallest absolute Gasteiger partial charge is 0.223 e. The highest BCUT2D eigenvalue weighted by Gasteiger charge is 2.18. The summed E-state index contributed by atoms with van der Waals surface area (Å²) in [6.45, 7) is 3.59. The first-order valence-electron chi connectivity index (χ1n) is 6.78. The molecule has 2 aromatic rings. The quantitative estimate of drug-likeness (QED) is 0.910. The first-order valence-corrected chi connectivity index (χ1v) is 6.78. The van der Waals surface area contributed by atoms with Crippen molar-refractivity contribution in [2.24, 2.45) is 5.92 Å². The van der Waals surface area contributed by atoms with E-state index < -0.39 is 6.04 Å². The molecule has 0 aromatic heterocycles. The fourth-order valence-corrected chi connectivity index (χ4v) is 1.98. The van der Waals surface area contributed by atoms with Crippen molar-refractivity contribution in [3.63, 3.8) is 0 Å². The van der Waals surface area contributed by atoms with E-state index in [2.05, 4.69) is 5.32 Å². The minimum Gasteiger partial charge on any atom is -0.345 e. The fourth-order valence-electron chi connectivity index (χ4n) is 1.98. The van der Waals surface area contributed by atoms with Crippen molar-refractivity contribution in [1.82, 2.24) is 5.32 Å². The van der Waals surface area contributed by atoms with E-state index >= 15 is 0 Å². The second kappa shape index (κ2) is 6.48. The maximum atomic E-state index is 13.1. The van der Waals surface area contributed by atoms with Crippen LogP contribution < -0.4 is 5.32 Å². The Labute approximate surface area is 122 Å². The number of hydrogen-bond donors (Lipinski definition) is 1. The van der Waals surface area contributed by atoms with Crippen LogP contribution in [0.3, 0.4) is 0 Å². The van der Waals surface area contributed by atoms with Crippen molar-refractivity contribution in [1.29, 1.82) is 0 Å². The molecule has 1 N–H and O–H groups in total. The van der Waals surface area contributed by atoms with Gasteiger partial charge in [-0.05, 0) is 35.4 Å². The van der Waals surface area contributed by atoms with Gasteiger partial charge in [0.1, 0.15) is 11.6 Å². The van der Waals surface area contributed by atoms with Gasteiger partial charge in [0.2, 0.25) is 5.91 Å². The number of amides is 1. The van der Waals surface area contributed by atoms with Gasteiger partial charge in [0.25, 0.3) is 0 Å². The van der Waals surface area contributed by atoms with E-state index in [1.807, 2.05) is 0 Å². The van der Waals surface area contributed by atoms with Crippen molar-refractivity contribution in [2.45, 2.75) is 19.9 Å². The molecule has 4 heteroatoms. The van der Waals surface area contributed by atoms with Crippen LogP contribution in [0.4, 0.5) is 8.78 Å². The normalized spacial score (nSPS) is 11.0. The highest BCUT2D eigenvalue weighted by Crippen LogP contribution is 2.23. The molecule has 0 heterocycles. The van der Waals surface area contributed by atoms with E-state index in [1.54, 1.807) is 38.1 Å². The van der Waals surface area contributed by atoms with Gasteiger partial charge in [-0.1, -0.05) is 38.1 Å². The van der Waals surface area contributed by atoms with E-state index in [9.17, 15) is 13.6 Å². The Morgan fingerprint density at radius 1 is 0.857 bits per heavy atom. The van der Waals surface area contributed by atoms with Gasteiger partial charge in [0.05, 0.1) is 6.04 Å². The Morgan fingerprint density at radius 2 is 1.24 bits per heavy atom. The first-order chi connectivity index (χ1) is 9.97. The molecule has 0 radical (unpaired) electrons. The third-order valence-electron chi connectivity index (χ3n) is 3.22. The summed E-state index contributed by atoms with van der Waals surface area (Å²) in [4.78, 5) is 12.0. The van der Waals surface area contributed by atoms with Crippen LogP contribution in [0.5, 0.6) is 0 Å². The molecule has 110 valence electrons. The van der Waals surface area contributed by atoms with Crippen molar-refractivity contribution >= 4 is 5.91 Å². The molecule has 2 nitrogen and oxygen atoms in total. The zero-order chi connectivity index (χ0) is 15.4. The SMILES string of the molecule is CC(C)C(=O)NC(c1ccc(F)cc1)c1ccc(F)cc1. The maximum Gasteiger partial charge on any atom is 0.223 e. The summed E-state index contributed by atoms with van der Waals surface area (Å²) in [6, 6.07) is 11.4.